The van der Waals surface area contributed by atoms with Gasteiger partial charge >= 0.3 is 0 Å². The molecule has 0 aromatic carbocycles. The summed E-state index contributed by atoms with van der Waals surface area (Å²) in [4.78, 5) is 5.25. The molecule has 0 amide bonds. The maximum atomic E-state index is 6.23. The molecule has 1 saturated carbocycles. The smallest absolute Gasteiger partial charge is 0.0458 e. The van der Waals surface area contributed by atoms with Crippen LogP contribution >= 0.6 is 0 Å². The molecule has 0 aromatic heterocycles. The number of likely N-dealkylation sites (tertiary alicyclic amines) is 2. The van der Waals surface area contributed by atoms with Crippen molar-refractivity contribution in [2.75, 3.05) is 39.8 Å². The SMILES string of the molecule is CN1CCCC(CN)(N2CCC3(CCCCC3)CC2)C1. The fraction of sp³-hybridized carbons (Fsp3) is 1.00. The van der Waals surface area contributed by atoms with E-state index in [1.165, 1.54) is 84.0 Å². The average Bonchev–Trinajstić information content (AvgIpc) is 2.48. The molecule has 3 aliphatic rings. The third-order valence-electron chi connectivity index (χ3n) is 6.54. The summed E-state index contributed by atoms with van der Waals surface area (Å²) in [5.74, 6) is 0. The van der Waals surface area contributed by atoms with Gasteiger partial charge in [-0.2, -0.15) is 0 Å². The Balaban J connectivity index is 1.64. The number of hydrogen-bond donors (Lipinski definition) is 1. The fourth-order valence-corrected chi connectivity index (χ4v) is 5.15. The lowest BCUT2D eigenvalue weighted by Crippen LogP contribution is -2.64. The molecule has 2 aliphatic heterocycles. The van der Waals surface area contributed by atoms with Crippen LogP contribution in [0.2, 0.25) is 0 Å². The molecule has 3 nitrogen and oxygen atoms in total. The zero-order valence-corrected chi connectivity index (χ0v) is 13.4. The number of nitrogens with zero attached hydrogens (tertiary/aromatic N) is 2. The molecule has 3 heteroatoms. The van der Waals surface area contributed by atoms with Crippen molar-refractivity contribution in [1.29, 1.82) is 0 Å². The quantitative estimate of drug-likeness (QED) is 0.843. The van der Waals surface area contributed by atoms with Gasteiger partial charge in [-0.3, -0.25) is 4.90 Å². The predicted molar refractivity (Wildman–Crippen MR) is 84.8 cm³/mol. The number of rotatable bonds is 2. The second-order valence-corrected chi connectivity index (χ2v) is 7.82. The monoisotopic (exact) mass is 279 g/mol. The summed E-state index contributed by atoms with van der Waals surface area (Å²) >= 11 is 0. The molecule has 0 radical (unpaired) electrons. The highest BCUT2D eigenvalue weighted by molar-refractivity contribution is 5.00. The Morgan fingerprint density at radius 2 is 1.55 bits per heavy atom. The highest BCUT2D eigenvalue weighted by Gasteiger charge is 2.43. The normalized spacial score (nSPS) is 36.3. The van der Waals surface area contributed by atoms with Crippen molar-refractivity contribution in [2.45, 2.75) is 63.3 Å². The Kier molecular flexibility index (Phi) is 4.40. The standard InChI is InChI=1S/C17H33N3/c1-19-11-5-8-17(14-18,15-19)20-12-9-16(10-13-20)6-3-2-4-7-16/h2-15,18H2,1H3. The number of nitrogens with two attached hydrogens (primary N) is 1. The zero-order chi connectivity index (χ0) is 14.1. The van der Waals surface area contributed by atoms with Crippen molar-refractivity contribution in [3.8, 4) is 0 Å². The van der Waals surface area contributed by atoms with E-state index in [4.69, 9.17) is 5.73 Å². The highest BCUT2D eigenvalue weighted by Crippen LogP contribution is 2.46. The largest absolute Gasteiger partial charge is 0.329 e. The molecule has 0 bridgehead atoms. The molecule has 0 aromatic rings. The van der Waals surface area contributed by atoms with Crippen LogP contribution in [0.25, 0.3) is 0 Å². The fourth-order valence-electron chi connectivity index (χ4n) is 5.15. The Morgan fingerprint density at radius 1 is 0.850 bits per heavy atom. The molecule has 1 aliphatic carbocycles. The average molecular weight is 279 g/mol. The second-order valence-electron chi connectivity index (χ2n) is 7.82. The van der Waals surface area contributed by atoms with Gasteiger partial charge in [0.25, 0.3) is 0 Å². The van der Waals surface area contributed by atoms with E-state index in [9.17, 15) is 0 Å². The topological polar surface area (TPSA) is 32.5 Å². The van der Waals surface area contributed by atoms with Crippen LogP contribution in [0.1, 0.15) is 57.8 Å². The second kappa shape index (κ2) is 5.94. The van der Waals surface area contributed by atoms with E-state index in [1.54, 1.807) is 0 Å². The van der Waals surface area contributed by atoms with Crippen LogP contribution < -0.4 is 5.73 Å². The molecule has 3 rings (SSSR count). The van der Waals surface area contributed by atoms with Crippen molar-refractivity contribution >= 4 is 0 Å². The zero-order valence-electron chi connectivity index (χ0n) is 13.4. The van der Waals surface area contributed by atoms with Crippen molar-refractivity contribution < 1.29 is 0 Å². The van der Waals surface area contributed by atoms with Gasteiger partial charge in [-0.15, -0.1) is 0 Å². The van der Waals surface area contributed by atoms with Crippen molar-refractivity contribution in [1.82, 2.24) is 9.80 Å². The first-order valence-electron chi connectivity index (χ1n) is 8.82. The van der Waals surface area contributed by atoms with E-state index in [-0.39, 0.29) is 5.54 Å². The first kappa shape index (κ1) is 14.8. The molecule has 2 heterocycles. The van der Waals surface area contributed by atoms with E-state index in [1.807, 2.05) is 0 Å². The van der Waals surface area contributed by atoms with E-state index < -0.39 is 0 Å². The molecule has 1 spiro atoms. The Morgan fingerprint density at radius 3 is 2.15 bits per heavy atom. The lowest BCUT2D eigenvalue weighted by molar-refractivity contribution is -0.0272. The summed E-state index contributed by atoms with van der Waals surface area (Å²) in [6, 6.07) is 0. The molecule has 1 unspecified atom stereocenters. The molecule has 20 heavy (non-hydrogen) atoms. The van der Waals surface area contributed by atoms with E-state index >= 15 is 0 Å². The molecule has 3 fully saturated rings. The summed E-state index contributed by atoms with van der Waals surface area (Å²) in [5.41, 5.74) is 7.23. The van der Waals surface area contributed by atoms with Crippen LogP contribution in [0.3, 0.4) is 0 Å². The van der Waals surface area contributed by atoms with Gasteiger partial charge in [-0.25, -0.2) is 0 Å². The van der Waals surface area contributed by atoms with E-state index in [0.29, 0.717) is 5.41 Å². The van der Waals surface area contributed by atoms with Gasteiger partial charge in [0.1, 0.15) is 0 Å². The molecular formula is C17H33N3. The first-order valence-corrected chi connectivity index (χ1v) is 8.82. The van der Waals surface area contributed by atoms with Gasteiger partial charge < -0.3 is 10.6 Å². The minimum atomic E-state index is 0.281. The van der Waals surface area contributed by atoms with Gasteiger partial charge in [0.2, 0.25) is 0 Å². The van der Waals surface area contributed by atoms with Crippen LogP contribution in [0.5, 0.6) is 0 Å². The minimum absolute atomic E-state index is 0.281. The van der Waals surface area contributed by atoms with Crippen LogP contribution in [-0.2, 0) is 0 Å². The molecule has 1 atom stereocenters. The van der Waals surface area contributed by atoms with Gasteiger partial charge in [0.05, 0.1) is 0 Å². The molecular weight excluding hydrogens is 246 g/mol. The summed E-state index contributed by atoms with van der Waals surface area (Å²) in [6.45, 7) is 5.86. The maximum Gasteiger partial charge on any atom is 0.0458 e. The van der Waals surface area contributed by atoms with Crippen LogP contribution in [-0.4, -0.2) is 55.1 Å². The third kappa shape index (κ3) is 2.77. The Hall–Kier alpha value is -0.120. The number of likely N-dealkylation sites (N-methyl/N-ethyl adjacent to an activating group) is 1. The summed E-state index contributed by atoms with van der Waals surface area (Å²) in [5, 5.41) is 0. The van der Waals surface area contributed by atoms with Gasteiger partial charge in [-0.1, -0.05) is 19.3 Å². The highest BCUT2D eigenvalue weighted by atomic mass is 15.3. The maximum absolute atomic E-state index is 6.23. The molecule has 116 valence electrons. The van der Waals surface area contributed by atoms with Crippen LogP contribution in [0.4, 0.5) is 0 Å². The molecule has 2 N–H and O–H groups in total. The first-order chi connectivity index (χ1) is 9.68. The number of piperidine rings is 2. The van der Waals surface area contributed by atoms with Crippen molar-refractivity contribution in [2.24, 2.45) is 11.1 Å². The Bertz CT molecular complexity index is 314. The van der Waals surface area contributed by atoms with Gasteiger partial charge in [0, 0.05) is 18.6 Å². The third-order valence-corrected chi connectivity index (χ3v) is 6.54. The summed E-state index contributed by atoms with van der Waals surface area (Å²) in [6.07, 6.45) is 12.9. The van der Waals surface area contributed by atoms with Gasteiger partial charge in [0.15, 0.2) is 0 Å². The lowest BCUT2D eigenvalue weighted by atomic mass is 9.67. The van der Waals surface area contributed by atoms with Crippen molar-refractivity contribution in [3.63, 3.8) is 0 Å². The van der Waals surface area contributed by atoms with E-state index in [0.717, 1.165) is 6.54 Å². The summed E-state index contributed by atoms with van der Waals surface area (Å²) in [7, 11) is 2.26. The van der Waals surface area contributed by atoms with E-state index in [2.05, 4.69) is 16.8 Å². The van der Waals surface area contributed by atoms with Crippen LogP contribution in [0.15, 0.2) is 0 Å². The van der Waals surface area contributed by atoms with Crippen molar-refractivity contribution in [3.05, 3.63) is 0 Å². The minimum Gasteiger partial charge on any atom is -0.329 e. The Labute approximate surface area is 124 Å². The molecule has 2 saturated heterocycles. The van der Waals surface area contributed by atoms with Crippen LogP contribution in [0, 0.1) is 5.41 Å². The number of hydrogen-bond acceptors (Lipinski definition) is 3. The lowest BCUT2D eigenvalue weighted by Gasteiger charge is -2.53. The van der Waals surface area contributed by atoms with Gasteiger partial charge in [-0.05, 0) is 70.6 Å². The summed E-state index contributed by atoms with van der Waals surface area (Å²) < 4.78 is 0. The predicted octanol–water partition coefficient (Wildman–Crippen LogP) is 2.46.